The summed E-state index contributed by atoms with van der Waals surface area (Å²) in [7, 11) is -1.32. The first-order valence-electron chi connectivity index (χ1n) is 8.38. The fraction of sp³-hybridized carbons (Fsp3) is 0.941. The Kier molecular flexibility index (Phi) is 4.88. The van der Waals surface area contributed by atoms with E-state index in [0.717, 1.165) is 0 Å². The van der Waals surface area contributed by atoms with E-state index in [1.165, 1.54) is 23.7 Å². The summed E-state index contributed by atoms with van der Waals surface area (Å²) in [4.78, 5) is 14.8. The lowest BCUT2D eigenvalue weighted by Crippen LogP contribution is -2.74. The highest BCUT2D eigenvalue weighted by atomic mass is 32.2. The van der Waals surface area contributed by atoms with Crippen molar-refractivity contribution in [3.8, 4) is 0 Å². The van der Waals surface area contributed by atoms with E-state index in [9.17, 15) is 4.79 Å². The summed E-state index contributed by atoms with van der Waals surface area (Å²) >= 11 is 4.34. The first-order valence-corrected chi connectivity index (χ1v) is 14.0. The summed E-state index contributed by atoms with van der Waals surface area (Å²) in [6.45, 7) is 18.4. The van der Waals surface area contributed by atoms with Crippen molar-refractivity contribution in [1.82, 2.24) is 4.90 Å². The molecule has 2 rings (SSSR count). The van der Waals surface area contributed by atoms with Gasteiger partial charge in [0.05, 0.1) is 13.5 Å². The van der Waals surface area contributed by atoms with Crippen LogP contribution >= 0.6 is 23.5 Å². The maximum Gasteiger partial charge on any atom is 0.231 e. The van der Waals surface area contributed by atoms with Crippen LogP contribution < -0.4 is 0 Å². The molecule has 0 radical (unpaired) electrons. The Morgan fingerprint density at radius 2 is 1.82 bits per heavy atom. The Bertz CT molecular complexity index is 445. The van der Waals surface area contributed by atoms with Gasteiger partial charge in [-0.25, -0.2) is 0 Å². The molecule has 2 aliphatic rings. The molecule has 0 aromatic rings. The van der Waals surface area contributed by atoms with Gasteiger partial charge in [0.15, 0.2) is 0 Å². The lowest BCUT2D eigenvalue weighted by atomic mass is 9.69. The Labute approximate surface area is 146 Å². The Balaban J connectivity index is 2.30. The van der Waals surface area contributed by atoms with Crippen LogP contribution in [-0.4, -0.2) is 52.1 Å². The summed E-state index contributed by atoms with van der Waals surface area (Å²) in [5, 5.41) is 0. The van der Waals surface area contributed by atoms with Crippen LogP contribution in [0.5, 0.6) is 0 Å². The minimum Gasteiger partial charge on any atom is -0.333 e. The summed E-state index contributed by atoms with van der Waals surface area (Å²) in [6, 6.07) is 0.387. The summed E-state index contributed by atoms with van der Waals surface area (Å²) < 4.78 is 0.405. The second-order valence-corrected chi connectivity index (χ2v) is 17.8. The van der Waals surface area contributed by atoms with Gasteiger partial charge in [-0.3, -0.25) is 4.79 Å². The van der Waals surface area contributed by atoms with Crippen molar-refractivity contribution in [3.05, 3.63) is 0 Å². The standard InChI is InChI=1S/C17H33NOS2Si/c1-15(2,3)18-13(16(4,5)14(18)19)11-17(22(6,7)8)12-20-9-10-21-17/h13H,9-12H2,1-8H3. The molecule has 0 aromatic heterocycles. The molecule has 1 amide bonds. The molecule has 128 valence electrons. The molecular formula is C17H33NOS2Si. The van der Waals surface area contributed by atoms with E-state index in [1.807, 2.05) is 0 Å². The number of hydrogen-bond donors (Lipinski definition) is 0. The molecule has 22 heavy (non-hydrogen) atoms. The van der Waals surface area contributed by atoms with Gasteiger partial charge in [-0.15, -0.1) is 0 Å². The van der Waals surface area contributed by atoms with Crippen LogP contribution in [0.4, 0.5) is 0 Å². The van der Waals surface area contributed by atoms with Crippen LogP contribution in [0.25, 0.3) is 0 Å². The minimum absolute atomic E-state index is 0.0651. The monoisotopic (exact) mass is 359 g/mol. The second-order valence-electron chi connectivity index (χ2n) is 9.43. The molecule has 0 spiro atoms. The number of likely N-dealkylation sites (tertiary alicyclic amines) is 1. The molecule has 0 bridgehead atoms. The molecule has 0 saturated carbocycles. The molecule has 2 fully saturated rings. The number of nitrogens with zero attached hydrogens (tertiary/aromatic N) is 1. The molecule has 2 unspecified atom stereocenters. The van der Waals surface area contributed by atoms with Gasteiger partial charge in [0, 0.05) is 33.2 Å². The van der Waals surface area contributed by atoms with Gasteiger partial charge in [-0.2, -0.15) is 23.5 Å². The largest absolute Gasteiger partial charge is 0.333 e. The van der Waals surface area contributed by atoms with Crippen LogP contribution in [-0.2, 0) is 4.79 Å². The Hall–Kier alpha value is 0.387. The fourth-order valence-electron chi connectivity index (χ4n) is 3.71. The number of amides is 1. The van der Waals surface area contributed by atoms with E-state index < -0.39 is 8.07 Å². The molecule has 2 heterocycles. The molecule has 5 heteroatoms. The van der Waals surface area contributed by atoms with Crippen molar-refractivity contribution in [2.45, 2.75) is 76.6 Å². The minimum atomic E-state index is -1.32. The van der Waals surface area contributed by atoms with E-state index in [2.05, 4.69) is 82.7 Å². The zero-order chi connectivity index (χ0) is 17.0. The topological polar surface area (TPSA) is 20.3 Å². The van der Waals surface area contributed by atoms with Crippen LogP contribution in [0.1, 0.15) is 41.0 Å². The van der Waals surface area contributed by atoms with E-state index in [1.54, 1.807) is 0 Å². The van der Waals surface area contributed by atoms with Crippen molar-refractivity contribution >= 4 is 37.5 Å². The van der Waals surface area contributed by atoms with Gasteiger partial charge in [0.2, 0.25) is 5.91 Å². The second kappa shape index (κ2) is 5.73. The quantitative estimate of drug-likeness (QED) is 0.546. The lowest BCUT2D eigenvalue weighted by molar-refractivity contribution is -0.180. The number of thioether (sulfide) groups is 2. The predicted molar refractivity (Wildman–Crippen MR) is 105 cm³/mol. The van der Waals surface area contributed by atoms with Crippen LogP contribution in [0.15, 0.2) is 0 Å². The van der Waals surface area contributed by atoms with Crippen molar-refractivity contribution in [2.75, 3.05) is 17.3 Å². The highest BCUT2D eigenvalue weighted by molar-refractivity contribution is 8.08. The zero-order valence-corrected chi connectivity index (χ0v) is 18.2. The molecule has 2 atom stereocenters. The number of carbonyl (C=O) groups is 1. The number of β-lactam (4-membered cyclic amide) rings is 1. The third kappa shape index (κ3) is 3.02. The average molecular weight is 360 g/mol. The summed E-state index contributed by atoms with van der Waals surface area (Å²) in [6.07, 6.45) is 1.18. The highest BCUT2D eigenvalue weighted by Crippen LogP contribution is 2.52. The Morgan fingerprint density at radius 3 is 2.23 bits per heavy atom. The number of hydrogen-bond acceptors (Lipinski definition) is 3. The molecule has 0 aromatic carbocycles. The normalized spacial score (nSPS) is 32.8. The molecule has 2 nitrogen and oxygen atoms in total. The van der Waals surface area contributed by atoms with Crippen LogP contribution in [0, 0.1) is 5.41 Å². The first kappa shape index (κ1) is 18.7. The smallest absolute Gasteiger partial charge is 0.231 e. The third-order valence-corrected chi connectivity index (χ3v) is 14.0. The first-order chi connectivity index (χ1) is 9.83. The fourth-order valence-corrected chi connectivity index (χ4v) is 11.2. The van der Waals surface area contributed by atoms with Gasteiger partial charge in [0.1, 0.15) is 0 Å². The summed E-state index contributed by atoms with van der Waals surface area (Å²) in [5.74, 6) is 4.16. The van der Waals surface area contributed by atoms with Gasteiger partial charge in [-0.05, 0) is 41.0 Å². The average Bonchev–Trinajstić information content (AvgIpc) is 2.36. The van der Waals surface area contributed by atoms with Gasteiger partial charge in [-0.1, -0.05) is 19.6 Å². The van der Waals surface area contributed by atoms with Crippen molar-refractivity contribution < 1.29 is 4.79 Å². The molecule has 0 N–H and O–H groups in total. The number of carbonyl (C=O) groups excluding carboxylic acids is 1. The van der Waals surface area contributed by atoms with E-state index in [4.69, 9.17) is 0 Å². The van der Waals surface area contributed by atoms with Gasteiger partial charge >= 0.3 is 0 Å². The number of rotatable bonds is 3. The van der Waals surface area contributed by atoms with Crippen molar-refractivity contribution in [3.63, 3.8) is 0 Å². The SMILES string of the molecule is CC1(C)C(=O)N(C(C)(C)C)C1CC1([Si](C)(C)C)CSCCS1. The van der Waals surface area contributed by atoms with Crippen molar-refractivity contribution in [1.29, 1.82) is 0 Å². The molecular weight excluding hydrogens is 326 g/mol. The van der Waals surface area contributed by atoms with Crippen LogP contribution in [0.3, 0.4) is 0 Å². The Morgan fingerprint density at radius 1 is 1.23 bits per heavy atom. The van der Waals surface area contributed by atoms with E-state index in [-0.39, 0.29) is 11.0 Å². The van der Waals surface area contributed by atoms with E-state index >= 15 is 0 Å². The molecule has 2 aliphatic heterocycles. The zero-order valence-electron chi connectivity index (χ0n) is 15.6. The van der Waals surface area contributed by atoms with Crippen LogP contribution in [0.2, 0.25) is 19.6 Å². The van der Waals surface area contributed by atoms with E-state index in [0.29, 0.717) is 16.3 Å². The van der Waals surface area contributed by atoms with Gasteiger partial charge < -0.3 is 4.90 Å². The summed E-state index contributed by atoms with van der Waals surface area (Å²) in [5.41, 5.74) is -0.257. The lowest BCUT2D eigenvalue weighted by Gasteiger charge is -2.62. The maximum absolute atomic E-state index is 12.7. The molecule has 2 saturated heterocycles. The highest BCUT2D eigenvalue weighted by Gasteiger charge is 2.60. The molecule has 0 aliphatic carbocycles. The van der Waals surface area contributed by atoms with Crippen molar-refractivity contribution in [2.24, 2.45) is 5.41 Å². The van der Waals surface area contributed by atoms with Gasteiger partial charge in [0.25, 0.3) is 0 Å². The third-order valence-electron chi connectivity index (χ3n) is 5.47. The predicted octanol–water partition coefficient (Wildman–Crippen LogP) is 4.51. The maximum atomic E-state index is 12.7.